The molecule has 19 heavy (non-hydrogen) atoms. The molecule has 0 N–H and O–H groups in total. The Hall–Kier alpha value is -1.07. The molecule has 4 nitrogen and oxygen atoms in total. The lowest BCUT2D eigenvalue weighted by Gasteiger charge is -2.28. The average Bonchev–Trinajstić information content (AvgIpc) is 2.39. The summed E-state index contributed by atoms with van der Waals surface area (Å²) in [6.45, 7) is 5.06. The van der Waals surface area contributed by atoms with E-state index in [4.69, 9.17) is 9.47 Å². The number of hydrogen-bond acceptors (Lipinski definition) is 3. The smallest absolute Gasteiger partial charge is 0.257 e. The molecule has 0 aliphatic rings. The molecule has 1 amide bonds. The van der Waals surface area contributed by atoms with Gasteiger partial charge in [0.05, 0.1) is 25.3 Å². The fourth-order valence-electron chi connectivity index (χ4n) is 1.98. The van der Waals surface area contributed by atoms with Crippen LogP contribution < -0.4 is 4.74 Å². The van der Waals surface area contributed by atoms with Gasteiger partial charge in [-0.3, -0.25) is 4.79 Å². The Bertz CT molecular complexity index is 437. The van der Waals surface area contributed by atoms with Crippen molar-refractivity contribution in [3.8, 4) is 5.75 Å². The molecule has 0 heterocycles. The molecule has 0 radical (unpaired) electrons. The highest BCUT2D eigenvalue weighted by atomic mass is 79.9. The number of halogens is 1. The zero-order valence-electron chi connectivity index (χ0n) is 11.8. The normalized spacial score (nSPS) is 12.1. The number of nitrogens with zero attached hydrogens (tertiary/aromatic N) is 1. The highest BCUT2D eigenvalue weighted by Gasteiger charge is 2.22. The summed E-state index contributed by atoms with van der Waals surface area (Å²) in [5, 5.41) is 0. The van der Waals surface area contributed by atoms with Crippen molar-refractivity contribution in [1.29, 1.82) is 0 Å². The molecule has 0 saturated carbocycles. The highest BCUT2D eigenvalue weighted by molar-refractivity contribution is 9.10. The van der Waals surface area contributed by atoms with Gasteiger partial charge in [0.2, 0.25) is 0 Å². The van der Waals surface area contributed by atoms with Gasteiger partial charge in [-0.25, -0.2) is 0 Å². The van der Waals surface area contributed by atoms with Crippen molar-refractivity contribution in [2.45, 2.75) is 19.9 Å². The van der Waals surface area contributed by atoms with Crippen molar-refractivity contribution in [2.75, 3.05) is 27.4 Å². The quantitative estimate of drug-likeness (QED) is 0.805. The molecule has 0 aliphatic carbocycles. The summed E-state index contributed by atoms with van der Waals surface area (Å²) < 4.78 is 11.3. The van der Waals surface area contributed by atoms with E-state index in [1.807, 2.05) is 19.9 Å². The summed E-state index contributed by atoms with van der Waals surface area (Å²) in [4.78, 5) is 14.3. The number of ether oxygens (including phenoxy) is 2. The minimum absolute atomic E-state index is 0.0239. The van der Waals surface area contributed by atoms with Gasteiger partial charge in [0.15, 0.2) is 0 Å². The highest BCUT2D eigenvalue weighted by Crippen LogP contribution is 2.25. The Morgan fingerprint density at radius 1 is 1.42 bits per heavy atom. The van der Waals surface area contributed by atoms with Crippen LogP contribution in [0.25, 0.3) is 0 Å². The van der Waals surface area contributed by atoms with Crippen LogP contribution in [0.4, 0.5) is 0 Å². The predicted molar refractivity (Wildman–Crippen MR) is 78.7 cm³/mol. The Kier molecular flexibility index (Phi) is 6.31. The maximum Gasteiger partial charge on any atom is 0.257 e. The molecule has 0 saturated heterocycles. The number of carbonyl (C=O) groups is 1. The van der Waals surface area contributed by atoms with Crippen LogP contribution >= 0.6 is 15.9 Å². The maximum absolute atomic E-state index is 12.6. The molecular weight excluding hydrogens is 310 g/mol. The van der Waals surface area contributed by atoms with Gasteiger partial charge < -0.3 is 14.4 Å². The maximum atomic E-state index is 12.6. The first kappa shape index (κ1) is 16.0. The second-order valence-corrected chi connectivity index (χ2v) is 5.16. The second-order valence-electron chi connectivity index (χ2n) is 4.24. The monoisotopic (exact) mass is 329 g/mol. The first-order valence-corrected chi connectivity index (χ1v) is 6.97. The SMILES string of the molecule is CCN(C(=O)c1ccc(Br)cc1OC)C(C)COC. The number of methoxy groups -OCH3 is 2. The van der Waals surface area contributed by atoms with Crippen LogP contribution in [-0.4, -0.2) is 44.2 Å². The average molecular weight is 330 g/mol. The lowest BCUT2D eigenvalue weighted by molar-refractivity contribution is 0.0576. The summed E-state index contributed by atoms with van der Waals surface area (Å²) in [5.41, 5.74) is 0.565. The summed E-state index contributed by atoms with van der Waals surface area (Å²) in [7, 11) is 3.20. The molecule has 0 aromatic heterocycles. The van der Waals surface area contributed by atoms with Crippen molar-refractivity contribution in [3.63, 3.8) is 0 Å². The fourth-order valence-corrected chi connectivity index (χ4v) is 2.32. The molecule has 1 aromatic carbocycles. The van der Waals surface area contributed by atoms with E-state index < -0.39 is 0 Å². The number of carbonyl (C=O) groups excluding carboxylic acids is 1. The van der Waals surface area contributed by atoms with Crippen LogP contribution in [0, 0.1) is 0 Å². The molecule has 1 atom stereocenters. The number of hydrogen-bond donors (Lipinski definition) is 0. The first-order valence-electron chi connectivity index (χ1n) is 6.18. The molecule has 0 aliphatic heterocycles. The van der Waals surface area contributed by atoms with E-state index in [0.717, 1.165) is 4.47 Å². The fraction of sp³-hybridized carbons (Fsp3) is 0.500. The van der Waals surface area contributed by atoms with Crippen molar-refractivity contribution in [1.82, 2.24) is 4.90 Å². The van der Waals surface area contributed by atoms with Crippen LogP contribution in [0.2, 0.25) is 0 Å². The Morgan fingerprint density at radius 2 is 2.11 bits per heavy atom. The summed E-state index contributed by atoms with van der Waals surface area (Å²) in [6, 6.07) is 5.43. The molecular formula is C14H20BrNO3. The van der Waals surface area contributed by atoms with E-state index in [1.54, 1.807) is 31.3 Å². The van der Waals surface area contributed by atoms with Gasteiger partial charge in [-0.15, -0.1) is 0 Å². The molecule has 0 bridgehead atoms. The number of amides is 1. The van der Waals surface area contributed by atoms with Gasteiger partial charge in [-0.05, 0) is 32.0 Å². The first-order chi connectivity index (χ1) is 9.04. The molecule has 5 heteroatoms. The van der Waals surface area contributed by atoms with Crippen LogP contribution in [0.5, 0.6) is 5.75 Å². The predicted octanol–water partition coefficient (Wildman–Crippen LogP) is 2.95. The topological polar surface area (TPSA) is 38.8 Å². The van der Waals surface area contributed by atoms with Crippen molar-refractivity contribution < 1.29 is 14.3 Å². The van der Waals surface area contributed by atoms with Crippen molar-refractivity contribution in [3.05, 3.63) is 28.2 Å². The minimum Gasteiger partial charge on any atom is -0.496 e. The van der Waals surface area contributed by atoms with Gasteiger partial charge in [0.1, 0.15) is 5.75 Å². The third-order valence-corrected chi connectivity index (χ3v) is 3.43. The van der Waals surface area contributed by atoms with Gasteiger partial charge in [-0.1, -0.05) is 15.9 Å². The Morgan fingerprint density at radius 3 is 2.63 bits per heavy atom. The summed E-state index contributed by atoms with van der Waals surface area (Å²) >= 11 is 3.37. The Labute approximate surface area is 122 Å². The van der Waals surface area contributed by atoms with Crippen molar-refractivity contribution >= 4 is 21.8 Å². The number of benzene rings is 1. The van der Waals surface area contributed by atoms with Gasteiger partial charge in [-0.2, -0.15) is 0 Å². The summed E-state index contributed by atoms with van der Waals surface area (Å²) in [6.07, 6.45) is 0. The van der Waals surface area contributed by atoms with E-state index in [-0.39, 0.29) is 11.9 Å². The third-order valence-electron chi connectivity index (χ3n) is 2.94. The molecule has 1 aromatic rings. The molecule has 106 valence electrons. The largest absolute Gasteiger partial charge is 0.496 e. The van der Waals surface area contributed by atoms with E-state index in [2.05, 4.69) is 15.9 Å². The molecule has 1 rings (SSSR count). The minimum atomic E-state index is -0.0450. The van der Waals surface area contributed by atoms with Gasteiger partial charge >= 0.3 is 0 Å². The van der Waals surface area contributed by atoms with E-state index in [1.165, 1.54) is 0 Å². The standard InChI is InChI=1S/C14H20BrNO3/c1-5-16(10(2)9-18-3)14(17)12-7-6-11(15)8-13(12)19-4/h6-8,10H,5,9H2,1-4H3. The number of rotatable bonds is 6. The van der Waals surface area contributed by atoms with Gasteiger partial charge in [0.25, 0.3) is 5.91 Å². The number of likely N-dealkylation sites (N-methyl/N-ethyl adjacent to an activating group) is 1. The van der Waals surface area contributed by atoms with E-state index in [9.17, 15) is 4.79 Å². The second kappa shape index (κ2) is 7.50. The molecule has 1 unspecified atom stereocenters. The van der Waals surface area contributed by atoms with E-state index >= 15 is 0 Å². The molecule has 0 fully saturated rings. The van der Waals surface area contributed by atoms with Crippen LogP contribution in [-0.2, 0) is 4.74 Å². The zero-order chi connectivity index (χ0) is 14.4. The van der Waals surface area contributed by atoms with Crippen molar-refractivity contribution in [2.24, 2.45) is 0 Å². The lowest BCUT2D eigenvalue weighted by Crippen LogP contribution is -2.41. The zero-order valence-corrected chi connectivity index (χ0v) is 13.4. The van der Waals surface area contributed by atoms with Crippen LogP contribution in [0.3, 0.4) is 0 Å². The van der Waals surface area contributed by atoms with E-state index in [0.29, 0.717) is 24.5 Å². The van der Waals surface area contributed by atoms with Crippen LogP contribution in [0.15, 0.2) is 22.7 Å². The lowest BCUT2D eigenvalue weighted by atomic mass is 10.1. The summed E-state index contributed by atoms with van der Waals surface area (Å²) in [5.74, 6) is 0.527. The molecule has 0 spiro atoms. The van der Waals surface area contributed by atoms with Crippen LogP contribution in [0.1, 0.15) is 24.2 Å². The third kappa shape index (κ3) is 3.94. The Balaban J connectivity index is 3.03. The van der Waals surface area contributed by atoms with Gasteiger partial charge in [0, 0.05) is 18.1 Å².